The van der Waals surface area contributed by atoms with Crippen molar-refractivity contribution in [2.45, 2.75) is 64.5 Å². The fourth-order valence-corrected chi connectivity index (χ4v) is 6.33. The number of nitrogens with one attached hydrogen (secondary N) is 1. The van der Waals surface area contributed by atoms with Crippen LogP contribution in [0.1, 0.15) is 52.4 Å². The Labute approximate surface area is 158 Å². The molecule has 0 spiro atoms. The standard InChI is InChI=1S/C21H27F3N2O/c1-11(20(27)26-17-4-3-16(22)18(23)19(17)24)25-12(2)21-8-13-5-14(9-21)7-15(6-13)10-21/h3-4,11-15,25H,5-10H2,1-2H3,(H,26,27)/p+1/t11-,12+,13?,14?,15?,21?/m0/s1. The lowest BCUT2D eigenvalue weighted by atomic mass is 9.48. The molecule has 1 aromatic carbocycles. The number of benzene rings is 1. The molecule has 0 aromatic heterocycles. The summed E-state index contributed by atoms with van der Waals surface area (Å²) in [6, 6.07) is 1.75. The van der Waals surface area contributed by atoms with Crippen LogP contribution in [0.15, 0.2) is 12.1 Å². The third-order valence-corrected chi connectivity index (χ3v) is 7.34. The molecule has 148 valence electrons. The zero-order valence-corrected chi connectivity index (χ0v) is 15.9. The molecule has 2 atom stereocenters. The van der Waals surface area contributed by atoms with Crippen molar-refractivity contribution in [3.8, 4) is 0 Å². The van der Waals surface area contributed by atoms with Crippen molar-refractivity contribution in [1.29, 1.82) is 0 Å². The molecule has 3 nitrogen and oxygen atoms in total. The summed E-state index contributed by atoms with van der Waals surface area (Å²) in [6.07, 6.45) is 7.88. The molecule has 27 heavy (non-hydrogen) atoms. The number of nitrogens with two attached hydrogens (primary N) is 1. The monoisotopic (exact) mass is 381 g/mol. The van der Waals surface area contributed by atoms with Crippen LogP contribution in [0.4, 0.5) is 18.9 Å². The van der Waals surface area contributed by atoms with Crippen LogP contribution in [0.5, 0.6) is 0 Å². The molecule has 3 N–H and O–H groups in total. The summed E-state index contributed by atoms with van der Waals surface area (Å²) in [5.74, 6) is -2.05. The minimum absolute atomic E-state index is 0.302. The number of halogens is 3. The van der Waals surface area contributed by atoms with Gasteiger partial charge in [0.15, 0.2) is 23.5 Å². The van der Waals surface area contributed by atoms with Gasteiger partial charge in [-0.25, -0.2) is 13.2 Å². The van der Waals surface area contributed by atoms with Gasteiger partial charge in [0.2, 0.25) is 0 Å². The summed E-state index contributed by atoms with van der Waals surface area (Å²) >= 11 is 0. The fraction of sp³-hybridized carbons (Fsp3) is 0.667. The van der Waals surface area contributed by atoms with Gasteiger partial charge >= 0.3 is 0 Å². The summed E-state index contributed by atoms with van der Waals surface area (Å²) < 4.78 is 40.2. The van der Waals surface area contributed by atoms with E-state index in [0.29, 0.717) is 11.5 Å². The number of carbonyl (C=O) groups excluding carboxylic acids is 1. The van der Waals surface area contributed by atoms with E-state index in [1.807, 2.05) is 0 Å². The molecule has 0 aliphatic heterocycles. The molecular weight excluding hydrogens is 353 g/mol. The average Bonchev–Trinajstić information content (AvgIpc) is 2.61. The van der Waals surface area contributed by atoms with E-state index in [2.05, 4.69) is 17.6 Å². The number of hydrogen-bond acceptors (Lipinski definition) is 1. The fourth-order valence-electron chi connectivity index (χ4n) is 6.33. The van der Waals surface area contributed by atoms with Crippen LogP contribution in [0, 0.1) is 40.6 Å². The van der Waals surface area contributed by atoms with Crippen LogP contribution < -0.4 is 10.6 Å². The van der Waals surface area contributed by atoms with Crippen LogP contribution in [0.25, 0.3) is 0 Å². The zero-order chi connectivity index (χ0) is 19.3. The average molecular weight is 381 g/mol. The largest absolute Gasteiger partial charge is 0.334 e. The summed E-state index contributed by atoms with van der Waals surface area (Å²) in [7, 11) is 0. The second-order valence-electron chi connectivity index (χ2n) is 9.26. The lowest BCUT2D eigenvalue weighted by molar-refractivity contribution is -0.718. The number of anilines is 1. The predicted molar refractivity (Wildman–Crippen MR) is 96.4 cm³/mol. The van der Waals surface area contributed by atoms with Crippen LogP contribution in [-0.2, 0) is 4.79 Å². The maximum Gasteiger partial charge on any atom is 0.282 e. The first-order valence-electron chi connectivity index (χ1n) is 10.1. The van der Waals surface area contributed by atoms with Crippen molar-refractivity contribution in [2.24, 2.45) is 23.2 Å². The lowest BCUT2D eigenvalue weighted by Gasteiger charge is -2.58. The second-order valence-corrected chi connectivity index (χ2v) is 9.26. The van der Waals surface area contributed by atoms with Crippen molar-refractivity contribution in [2.75, 3.05) is 5.32 Å². The number of amides is 1. The first-order valence-corrected chi connectivity index (χ1v) is 10.1. The molecular formula is C21H28F3N2O+. The molecule has 4 bridgehead atoms. The van der Waals surface area contributed by atoms with E-state index in [1.54, 1.807) is 6.92 Å². The highest BCUT2D eigenvalue weighted by Crippen LogP contribution is 2.60. The molecule has 0 radical (unpaired) electrons. The van der Waals surface area contributed by atoms with E-state index >= 15 is 0 Å². The topological polar surface area (TPSA) is 45.7 Å². The number of carbonyl (C=O) groups is 1. The van der Waals surface area contributed by atoms with Crippen molar-refractivity contribution in [3.05, 3.63) is 29.6 Å². The number of quaternary nitrogens is 1. The Kier molecular flexibility index (Phi) is 4.73. The molecule has 6 heteroatoms. The second kappa shape index (κ2) is 6.80. The third kappa shape index (κ3) is 3.37. The molecule has 5 rings (SSSR count). The third-order valence-electron chi connectivity index (χ3n) is 7.34. The number of rotatable bonds is 5. The molecule has 0 heterocycles. The quantitative estimate of drug-likeness (QED) is 0.752. The van der Waals surface area contributed by atoms with Gasteiger partial charge in [-0.05, 0) is 82.3 Å². The lowest BCUT2D eigenvalue weighted by Crippen LogP contribution is -2.98. The smallest absolute Gasteiger partial charge is 0.282 e. The summed E-state index contributed by atoms with van der Waals surface area (Å²) in [6.45, 7) is 3.99. The first kappa shape index (κ1) is 18.8. The highest BCUT2D eigenvalue weighted by Gasteiger charge is 2.54. The predicted octanol–water partition coefficient (Wildman–Crippen LogP) is 3.60. The van der Waals surface area contributed by atoms with Gasteiger partial charge in [-0.15, -0.1) is 0 Å². The van der Waals surface area contributed by atoms with Gasteiger partial charge in [0, 0.05) is 5.41 Å². The van der Waals surface area contributed by atoms with Gasteiger partial charge in [-0.2, -0.15) is 0 Å². The summed E-state index contributed by atoms with van der Waals surface area (Å²) in [4.78, 5) is 12.5. The summed E-state index contributed by atoms with van der Waals surface area (Å²) in [5.41, 5.74) is -0.0158. The van der Waals surface area contributed by atoms with E-state index in [4.69, 9.17) is 0 Å². The Bertz CT molecular complexity index is 716. The van der Waals surface area contributed by atoms with E-state index in [0.717, 1.165) is 29.9 Å². The molecule has 1 aromatic rings. The van der Waals surface area contributed by atoms with E-state index < -0.39 is 29.4 Å². The molecule has 4 aliphatic carbocycles. The van der Waals surface area contributed by atoms with Gasteiger partial charge in [0.25, 0.3) is 5.91 Å². The number of hydrogen-bond donors (Lipinski definition) is 2. The van der Waals surface area contributed by atoms with Gasteiger partial charge < -0.3 is 10.6 Å². The van der Waals surface area contributed by atoms with Crippen molar-refractivity contribution in [1.82, 2.24) is 0 Å². The minimum atomic E-state index is -1.56. The van der Waals surface area contributed by atoms with Gasteiger partial charge in [0.05, 0.1) is 11.7 Å². The first-order chi connectivity index (χ1) is 12.8. The van der Waals surface area contributed by atoms with E-state index in [9.17, 15) is 18.0 Å². The Morgan fingerprint density at radius 1 is 1.04 bits per heavy atom. The minimum Gasteiger partial charge on any atom is -0.334 e. The Morgan fingerprint density at radius 3 is 2.15 bits per heavy atom. The van der Waals surface area contributed by atoms with Gasteiger partial charge in [-0.1, -0.05) is 0 Å². The van der Waals surface area contributed by atoms with E-state index in [-0.39, 0.29) is 5.69 Å². The highest BCUT2D eigenvalue weighted by atomic mass is 19.2. The van der Waals surface area contributed by atoms with Crippen LogP contribution in [0.3, 0.4) is 0 Å². The highest BCUT2D eigenvalue weighted by molar-refractivity contribution is 5.93. The summed E-state index contributed by atoms with van der Waals surface area (Å²) in [5, 5.41) is 4.48. The van der Waals surface area contributed by atoms with Gasteiger partial charge in [0.1, 0.15) is 0 Å². The normalized spacial score (nSPS) is 33.7. The Balaban J connectivity index is 1.41. The molecule has 0 saturated heterocycles. The van der Waals surface area contributed by atoms with Crippen molar-refractivity contribution in [3.63, 3.8) is 0 Å². The molecule has 4 fully saturated rings. The molecule has 4 saturated carbocycles. The molecule has 1 amide bonds. The van der Waals surface area contributed by atoms with Crippen LogP contribution >= 0.6 is 0 Å². The Morgan fingerprint density at radius 2 is 1.59 bits per heavy atom. The van der Waals surface area contributed by atoms with E-state index in [1.165, 1.54) is 38.5 Å². The maximum absolute atomic E-state index is 13.8. The molecule has 0 unspecified atom stereocenters. The zero-order valence-electron chi connectivity index (χ0n) is 15.9. The maximum atomic E-state index is 13.8. The molecule has 4 aliphatic rings. The van der Waals surface area contributed by atoms with Crippen molar-refractivity contribution < 1.29 is 23.3 Å². The van der Waals surface area contributed by atoms with Crippen molar-refractivity contribution >= 4 is 11.6 Å². The Hall–Kier alpha value is -1.56. The SMILES string of the molecule is C[C@H]([NH2+][C@H](C)C12CC3CC(CC(C3)C1)C2)C(=O)Nc1ccc(F)c(F)c1F. The van der Waals surface area contributed by atoms with Crippen LogP contribution in [0.2, 0.25) is 0 Å². The van der Waals surface area contributed by atoms with Gasteiger partial charge in [-0.3, -0.25) is 4.79 Å². The van der Waals surface area contributed by atoms with Crippen LogP contribution in [-0.4, -0.2) is 18.0 Å².